The number of sulfone groups is 1. The predicted molar refractivity (Wildman–Crippen MR) is 54.6 cm³/mol. The standard InChI is InChI=1S/C7H15N3O4S/c1-5(6(11)10-7(9)12)15(13,14)4-2-3-8/h5H,2-4,8H2,1H3,(H3,9,10,11,12). The minimum absolute atomic E-state index is 0.184. The summed E-state index contributed by atoms with van der Waals surface area (Å²) in [5.41, 5.74) is 9.84. The summed E-state index contributed by atoms with van der Waals surface area (Å²) in [7, 11) is -3.57. The van der Waals surface area contributed by atoms with Crippen molar-refractivity contribution in [2.24, 2.45) is 11.5 Å². The lowest BCUT2D eigenvalue weighted by Crippen LogP contribution is -2.44. The molecule has 5 N–H and O–H groups in total. The van der Waals surface area contributed by atoms with Crippen LogP contribution in [0, 0.1) is 0 Å². The van der Waals surface area contributed by atoms with Crippen molar-refractivity contribution in [2.45, 2.75) is 18.6 Å². The van der Waals surface area contributed by atoms with Gasteiger partial charge in [0.25, 0.3) is 0 Å². The predicted octanol–water partition coefficient (Wildman–Crippen LogP) is -1.67. The van der Waals surface area contributed by atoms with E-state index in [0.29, 0.717) is 0 Å². The molecule has 0 aliphatic rings. The Bertz CT molecular complexity index is 338. The van der Waals surface area contributed by atoms with Crippen LogP contribution in [0.5, 0.6) is 0 Å². The summed E-state index contributed by atoms with van der Waals surface area (Å²) >= 11 is 0. The van der Waals surface area contributed by atoms with Crippen molar-refractivity contribution in [3.05, 3.63) is 0 Å². The van der Waals surface area contributed by atoms with E-state index >= 15 is 0 Å². The molecule has 0 aromatic carbocycles. The molecule has 8 heteroatoms. The molecule has 0 aliphatic carbocycles. The summed E-state index contributed by atoms with van der Waals surface area (Å²) < 4.78 is 22.9. The minimum atomic E-state index is -3.57. The Morgan fingerprint density at radius 1 is 1.40 bits per heavy atom. The summed E-state index contributed by atoms with van der Waals surface area (Å²) in [6, 6.07) is -1.07. The van der Waals surface area contributed by atoms with Crippen LogP contribution >= 0.6 is 0 Å². The fraction of sp³-hybridized carbons (Fsp3) is 0.714. The first-order valence-electron chi connectivity index (χ1n) is 4.33. The Morgan fingerprint density at radius 2 is 1.93 bits per heavy atom. The number of carbonyl (C=O) groups is 2. The van der Waals surface area contributed by atoms with Gasteiger partial charge in [0.1, 0.15) is 5.25 Å². The number of imide groups is 1. The molecule has 1 atom stereocenters. The van der Waals surface area contributed by atoms with Crippen LogP contribution in [0.3, 0.4) is 0 Å². The van der Waals surface area contributed by atoms with Gasteiger partial charge in [0, 0.05) is 0 Å². The number of urea groups is 1. The number of amides is 3. The van der Waals surface area contributed by atoms with Gasteiger partial charge in [-0.1, -0.05) is 0 Å². The normalized spacial score (nSPS) is 13.2. The molecule has 0 saturated carbocycles. The van der Waals surface area contributed by atoms with Gasteiger partial charge >= 0.3 is 6.03 Å². The number of primary amides is 1. The van der Waals surface area contributed by atoms with Gasteiger partial charge in [-0.05, 0) is 19.9 Å². The molecule has 0 rings (SSSR count). The smallest absolute Gasteiger partial charge is 0.318 e. The van der Waals surface area contributed by atoms with E-state index in [1.807, 2.05) is 0 Å². The molecule has 0 aliphatic heterocycles. The van der Waals surface area contributed by atoms with Crippen molar-refractivity contribution in [1.29, 1.82) is 0 Å². The van der Waals surface area contributed by atoms with Crippen molar-refractivity contribution in [3.8, 4) is 0 Å². The Labute approximate surface area is 88.1 Å². The van der Waals surface area contributed by atoms with E-state index in [1.165, 1.54) is 6.92 Å². The van der Waals surface area contributed by atoms with Gasteiger partial charge in [-0.2, -0.15) is 0 Å². The highest BCUT2D eigenvalue weighted by atomic mass is 32.2. The van der Waals surface area contributed by atoms with Crippen molar-refractivity contribution >= 4 is 21.8 Å². The van der Waals surface area contributed by atoms with E-state index < -0.39 is 27.0 Å². The molecule has 88 valence electrons. The molecule has 0 spiro atoms. The largest absolute Gasteiger partial charge is 0.351 e. The fourth-order valence-corrected chi connectivity index (χ4v) is 2.16. The highest BCUT2D eigenvalue weighted by Gasteiger charge is 2.27. The molecule has 0 radical (unpaired) electrons. The van der Waals surface area contributed by atoms with E-state index in [0.717, 1.165) is 0 Å². The number of hydrogen-bond donors (Lipinski definition) is 3. The lowest BCUT2D eigenvalue weighted by atomic mass is 10.4. The number of nitrogens with one attached hydrogen (secondary N) is 1. The van der Waals surface area contributed by atoms with Crippen LogP contribution < -0.4 is 16.8 Å². The summed E-state index contributed by atoms with van der Waals surface area (Å²) in [5, 5.41) is 0.420. The van der Waals surface area contributed by atoms with Crippen molar-refractivity contribution in [1.82, 2.24) is 5.32 Å². The SMILES string of the molecule is CC(C(=O)NC(N)=O)S(=O)(=O)CCCN. The van der Waals surface area contributed by atoms with Crippen LogP contribution in [0.4, 0.5) is 4.79 Å². The molecule has 3 amide bonds. The second-order valence-electron chi connectivity index (χ2n) is 3.00. The lowest BCUT2D eigenvalue weighted by Gasteiger charge is -2.10. The molecule has 0 saturated heterocycles. The monoisotopic (exact) mass is 237 g/mol. The Balaban J connectivity index is 4.48. The Kier molecular flexibility index (Phi) is 5.23. The summed E-state index contributed by atoms with van der Waals surface area (Å²) in [6.45, 7) is 1.42. The molecule has 1 unspecified atom stereocenters. The molecular weight excluding hydrogens is 222 g/mol. The highest BCUT2D eigenvalue weighted by Crippen LogP contribution is 2.03. The van der Waals surface area contributed by atoms with Crippen molar-refractivity contribution < 1.29 is 18.0 Å². The lowest BCUT2D eigenvalue weighted by molar-refractivity contribution is -0.119. The second-order valence-corrected chi connectivity index (χ2v) is 5.45. The average Bonchev–Trinajstić information content (AvgIpc) is 2.12. The maximum absolute atomic E-state index is 11.4. The van der Waals surface area contributed by atoms with Crippen LogP contribution in [0.15, 0.2) is 0 Å². The van der Waals surface area contributed by atoms with Gasteiger partial charge in [-0.3, -0.25) is 10.1 Å². The first-order chi connectivity index (χ1) is 6.81. The van der Waals surface area contributed by atoms with Gasteiger partial charge in [0.15, 0.2) is 9.84 Å². The number of carbonyl (C=O) groups excluding carboxylic acids is 2. The zero-order valence-electron chi connectivity index (χ0n) is 8.39. The Hall–Kier alpha value is -1.15. The van der Waals surface area contributed by atoms with Gasteiger partial charge in [-0.15, -0.1) is 0 Å². The first-order valence-corrected chi connectivity index (χ1v) is 6.04. The van der Waals surface area contributed by atoms with E-state index in [2.05, 4.69) is 5.73 Å². The topological polar surface area (TPSA) is 132 Å². The maximum Gasteiger partial charge on any atom is 0.318 e. The number of rotatable bonds is 5. The molecule has 15 heavy (non-hydrogen) atoms. The van der Waals surface area contributed by atoms with Crippen LogP contribution in [0.1, 0.15) is 13.3 Å². The van der Waals surface area contributed by atoms with E-state index in [9.17, 15) is 18.0 Å². The summed E-state index contributed by atoms with van der Waals surface area (Å²) in [4.78, 5) is 21.5. The van der Waals surface area contributed by atoms with E-state index in [-0.39, 0.29) is 18.7 Å². The highest BCUT2D eigenvalue weighted by molar-refractivity contribution is 7.92. The van der Waals surface area contributed by atoms with E-state index in [4.69, 9.17) is 5.73 Å². The van der Waals surface area contributed by atoms with Crippen LogP contribution in [-0.4, -0.2) is 37.9 Å². The zero-order chi connectivity index (χ0) is 12.1. The zero-order valence-corrected chi connectivity index (χ0v) is 9.21. The Morgan fingerprint density at radius 3 is 2.33 bits per heavy atom. The quantitative estimate of drug-likeness (QED) is 0.526. The molecule has 0 heterocycles. The fourth-order valence-electron chi connectivity index (χ4n) is 0.847. The van der Waals surface area contributed by atoms with Crippen LogP contribution in [0.25, 0.3) is 0 Å². The third-order valence-electron chi connectivity index (χ3n) is 1.79. The average molecular weight is 237 g/mol. The van der Waals surface area contributed by atoms with Crippen molar-refractivity contribution in [3.63, 3.8) is 0 Å². The third-order valence-corrected chi connectivity index (χ3v) is 3.94. The number of nitrogens with two attached hydrogens (primary N) is 2. The van der Waals surface area contributed by atoms with Gasteiger partial charge < -0.3 is 11.5 Å². The van der Waals surface area contributed by atoms with Gasteiger partial charge in [-0.25, -0.2) is 13.2 Å². The van der Waals surface area contributed by atoms with Gasteiger partial charge in [0.2, 0.25) is 5.91 Å². The molecular formula is C7H15N3O4S. The number of hydrogen-bond acceptors (Lipinski definition) is 5. The van der Waals surface area contributed by atoms with Crippen LogP contribution in [0.2, 0.25) is 0 Å². The third kappa shape index (κ3) is 4.75. The van der Waals surface area contributed by atoms with Crippen LogP contribution in [-0.2, 0) is 14.6 Å². The molecule has 7 nitrogen and oxygen atoms in total. The molecule has 0 aromatic rings. The maximum atomic E-state index is 11.4. The summed E-state index contributed by atoms with van der Waals surface area (Å²) in [6.07, 6.45) is 0.274. The van der Waals surface area contributed by atoms with Crippen molar-refractivity contribution in [2.75, 3.05) is 12.3 Å². The second kappa shape index (κ2) is 5.66. The summed E-state index contributed by atoms with van der Waals surface area (Å²) in [5.74, 6) is -1.10. The first kappa shape index (κ1) is 13.8. The molecule has 0 bridgehead atoms. The molecule has 0 fully saturated rings. The molecule has 0 aromatic heterocycles. The van der Waals surface area contributed by atoms with E-state index in [1.54, 1.807) is 5.32 Å². The minimum Gasteiger partial charge on any atom is -0.351 e. The van der Waals surface area contributed by atoms with Gasteiger partial charge in [0.05, 0.1) is 5.75 Å².